The molecule has 96 valence electrons. The number of rotatable bonds is 1. The summed E-state index contributed by atoms with van der Waals surface area (Å²) in [5, 5.41) is 0.411. The minimum Gasteiger partial charge on any atom is -0.403 e. The molecule has 2 rings (SSSR count). The minimum atomic E-state index is -4.76. The van der Waals surface area contributed by atoms with Crippen LogP contribution in [-0.4, -0.2) is 11.3 Å². The molecule has 2 N–H and O–H groups in total. The Hall–Kier alpha value is -1.50. The van der Waals surface area contributed by atoms with E-state index in [1.807, 2.05) is 0 Å². The van der Waals surface area contributed by atoms with Crippen molar-refractivity contribution < 1.29 is 17.9 Å². The summed E-state index contributed by atoms with van der Waals surface area (Å²) in [7, 11) is 0. The predicted octanol–water partition coefficient (Wildman–Crippen LogP) is 3.79. The summed E-state index contributed by atoms with van der Waals surface area (Å²) in [6.07, 6.45) is -4.76. The van der Waals surface area contributed by atoms with Crippen molar-refractivity contribution in [2.45, 2.75) is 13.3 Å². The van der Waals surface area contributed by atoms with Crippen molar-refractivity contribution >= 4 is 32.5 Å². The second kappa shape index (κ2) is 4.31. The Kier molecular flexibility index (Phi) is 3.10. The molecule has 0 saturated carbocycles. The fourth-order valence-corrected chi connectivity index (χ4v) is 1.89. The highest BCUT2D eigenvalue weighted by Gasteiger charge is 2.32. The Bertz CT molecular complexity index is 613. The monoisotopic (exact) mass is 320 g/mol. The fourth-order valence-electron chi connectivity index (χ4n) is 1.59. The van der Waals surface area contributed by atoms with E-state index in [4.69, 9.17) is 5.73 Å². The number of fused-ring (bicyclic) bond motifs is 1. The number of anilines is 1. The molecule has 0 amide bonds. The molecule has 0 radical (unpaired) electrons. The van der Waals surface area contributed by atoms with Crippen molar-refractivity contribution in [3.63, 3.8) is 0 Å². The van der Waals surface area contributed by atoms with Crippen molar-refractivity contribution in [1.29, 1.82) is 0 Å². The second-order valence-electron chi connectivity index (χ2n) is 3.62. The van der Waals surface area contributed by atoms with Crippen LogP contribution in [0.25, 0.3) is 10.9 Å². The summed E-state index contributed by atoms with van der Waals surface area (Å²) >= 11 is 3.24. The van der Waals surface area contributed by atoms with E-state index >= 15 is 0 Å². The number of para-hydroxylation sites is 1. The number of pyridine rings is 1. The van der Waals surface area contributed by atoms with Gasteiger partial charge in [-0.15, -0.1) is 13.2 Å². The van der Waals surface area contributed by atoms with Gasteiger partial charge in [-0.1, -0.05) is 12.1 Å². The van der Waals surface area contributed by atoms with Crippen LogP contribution in [0.4, 0.5) is 18.9 Å². The van der Waals surface area contributed by atoms with E-state index in [2.05, 4.69) is 25.7 Å². The van der Waals surface area contributed by atoms with Gasteiger partial charge in [-0.05, 0) is 28.9 Å². The number of alkyl halides is 3. The molecular formula is C11H8BrF3N2O. The first-order chi connectivity index (χ1) is 8.29. The summed E-state index contributed by atoms with van der Waals surface area (Å²) in [5.74, 6) is -0.359. The molecule has 7 heteroatoms. The highest BCUT2D eigenvalue weighted by molar-refractivity contribution is 9.10. The number of aromatic nitrogens is 1. The molecule has 0 spiro atoms. The van der Waals surface area contributed by atoms with Gasteiger partial charge in [-0.25, -0.2) is 4.98 Å². The van der Waals surface area contributed by atoms with Crippen LogP contribution in [0, 0.1) is 6.92 Å². The molecule has 1 heterocycles. The number of benzene rings is 1. The van der Waals surface area contributed by atoms with Gasteiger partial charge in [0, 0.05) is 5.39 Å². The van der Waals surface area contributed by atoms with Crippen LogP contribution < -0.4 is 10.5 Å². The normalized spacial score (nSPS) is 11.8. The Morgan fingerprint density at radius 3 is 2.61 bits per heavy atom. The lowest BCUT2D eigenvalue weighted by Gasteiger charge is -2.13. The Morgan fingerprint density at radius 2 is 2.00 bits per heavy atom. The number of hydrogen-bond donors (Lipinski definition) is 1. The molecule has 1 aromatic heterocycles. The average molecular weight is 321 g/mol. The maximum Gasteiger partial charge on any atom is 0.573 e. The number of aryl methyl sites for hydroxylation is 1. The van der Waals surface area contributed by atoms with Gasteiger partial charge < -0.3 is 10.5 Å². The van der Waals surface area contributed by atoms with Crippen molar-refractivity contribution in [2.24, 2.45) is 0 Å². The summed E-state index contributed by atoms with van der Waals surface area (Å²) in [4.78, 5) is 4.07. The third kappa shape index (κ3) is 2.35. The largest absolute Gasteiger partial charge is 0.573 e. The van der Waals surface area contributed by atoms with Gasteiger partial charge in [0.1, 0.15) is 5.52 Å². The molecule has 0 aliphatic rings. The van der Waals surface area contributed by atoms with Gasteiger partial charge >= 0.3 is 6.36 Å². The van der Waals surface area contributed by atoms with E-state index in [0.717, 1.165) is 0 Å². The van der Waals surface area contributed by atoms with Gasteiger partial charge in [0.05, 0.1) is 15.9 Å². The molecule has 0 fully saturated rings. The number of ether oxygens (including phenoxy) is 1. The lowest BCUT2D eigenvalue weighted by molar-refractivity contribution is -0.274. The van der Waals surface area contributed by atoms with Crippen molar-refractivity contribution in [2.75, 3.05) is 5.73 Å². The highest BCUT2D eigenvalue weighted by atomic mass is 79.9. The lowest BCUT2D eigenvalue weighted by Crippen LogP contribution is -2.17. The molecule has 3 nitrogen and oxygen atoms in total. The zero-order valence-corrected chi connectivity index (χ0v) is 10.8. The second-order valence-corrected chi connectivity index (χ2v) is 4.42. The van der Waals surface area contributed by atoms with Gasteiger partial charge in [-0.2, -0.15) is 0 Å². The standard InChI is InChI=1S/C11H8BrF3N2O/c1-5-8(12)9(16)6-3-2-4-7(10(6)17-5)18-11(13,14)15/h2-4H,1H3,(H2,16,17). The van der Waals surface area contributed by atoms with Crippen molar-refractivity contribution in [3.8, 4) is 5.75 Å². The van der Waals surface area contributed by atoms with Crippen LogP contribution in [0.2, 0.25) is 0 Å². The van der Waals surface area contributed by atoms with E-state index in [1.165, 1.54) is 12.1 Å². The summed E-state index contributed by atoms with van der Waals surface area (Å²) in [6.45, 7) is 1.64. The van der Waals surface area contributed by atoms with Crippen molar-refractivity contribution in [3.05, 3.63) is 28.4 Å². The Labute approximate surface area is 109 Å². The fraction of sp³-hybridized carbons (Fsp3) is 0.182. The lowest BCUT2D eigenvalue weighted by atomic mass is 10.1. The number of halogens is 4. The van der Waals surface area contributed by atoms with E-state index < -0.39 is 6.36 Å². The molecular weight excluding hydrogens is 313 g/mol. The van der Waals surface area contributed by atoms with E-state index in [0.29, 0.717) is 21.2 Å². The first-order valence-electron chi connectivity index (χ1n) is 4.89. The van der Waals surface area contributed by atoms with Crippen LogP contribution in [0.5, 0.6) is 5.75 Å². The third-order valence-corrected chi connectivity index (χ3v) is 3.35. The number of nitrogens with zero attached hydrogens (tertiary/aromatic N) is 1. The first kappa shape index (κ1) is 12.9. The highest BCUT2D eigenvalue weighted by Crippen LogP contribution is 2.36. The Balaban J connectivity index is 2.70. The van der Waals surface area contributed by atoms with Gasteiger partial charge in [0.25, 0.3) is 0 Å². The third-order valence-electron chi connectivity index (χ3n) is 2.35. The Morgan fingerprint density at radius 1 is 1.33 bits per heavy atom. The van der Waals surface area contributed by atoms with Crippen molar-refractivity contribution in [1.82, 2.24) is 4.98 Å². The molecule has 18 heavy (non-hydrogen) atoms. The molecule has 0 saturated heterocycles. The first-order valence-corrected chi connectivity index (χ1v) is 5.69. The number of nitrogens with two attached hydrogens (primary N) is 1. The van der Waals surface area contributed by atoms with E-state index in [-0.39, 0.29) is 11.3 Å². The minimum absolute atomic E-state index is 0.0908. The van der Waals surface area contributed by atoms with Crippen LogP contribution >= 0.6 is 15.9 Å². The quantitative estimate of drug-likeness (QED) is 0.869. The predicted molar refractivity (Wildman–Crippen MR) is 65.3 cm³/mol. The molecule has 0 atom stereocenters. The molecule has 0 bridgehead atoms. The van der Waals surface area contributed by atoms with E-state index in [1.54, 1.807) is 13.0 Å². The van der Waals surface area contributed by atoms with Crippen LogP contribution in [0.15, 0.2) is 22.7 Å². The molecule has 0 unspecified atom stereocenters. The zero-order valence-electron chi connectivity index (χ0n) is 9.18. The number of hydrogen-bond acceptors (Lipinski definition) is 3. The van der Waals surface area contributed by atoms with Crippen LogP contribution in [0.3, 0.4) is 0 Å². The van der Waals surface area contributed by atoms with Crippen LogP contribution in [-0.2, 0) is 0 Å². The maximum absolute atomic E-state index is 12.3. The molecule has 1 aromatic carbocycles. The SMILES string of the molecule is Cc1nc2c(OC(F)(F)F)cccc2c(N)c1Br. The zero-order chi connectivity index (χ0) is 13.5. The smallest absolute Gasteiger partial charge is 0.403 e. The van der Waals surface area contributed by atoms with Gasteiger partial charge in [0.15, 0.2) is 5.75 Å². The van der Waals surface area contributed by atoms with E-state index in [9.17, 15) is 13.2 Å². The number of nitrogen functional groups attached to an aromatic ring is 1. The summed E-state index contributed by atoms with van der Waals surface area (Å²) in [5.41, 5.74) is 6.76. The summed E-state index contributed by atoms with van der Waals surface area (Å²) < 4.78 is 41.3. The van der Waals surface area contributed by atoms with Gasteiger partial charge in [-0.3, -0.25) is 0 Å². The topological polar surface area (TPSA) is 48.1 Å². The average Bonchev–Trinajstić information content (AvgIpc) is 2.25. The molecule has 2 aromatic rings. The van der Waals surface area contributed by atoms with Gasteiger partial charge in [0.2, 0.25) is 0 Å². The van der Waals surface area contributed by atoms with Crippen LogP contribution in [0.1, 0.15) is 5.69 Å². The maximum atomic E-state index is 12.3. The molecule has 0 aliphatic heterocycles. The summed E-state index contributed by atoms with van der Waals surface area (Å²) in [6, 6.07) is 4.23. The molecule has 0 aliphatic carbocycles.